The Kier molecular flexibility index (Phi) is 2.19. The quantitative estimate of drug-likeness (QED) is 0.747. The summed E-state index contributed by atoms with van der Waals surface area (Å²) in [5.74, 6) is 0.489. The zero-order valence-electron chi connectivity index (χ0n) is 9.13. The lowest BCUT2D eigenvalue weighted by Gasteiger charge is -2.02. The van der Waals surface area contributed by atoms with Crippen molar-refractivity contribution >= 4 is 32.7 Å². The first-order valence-electron chi connectivity index (χ1n) is 5.08. The first-order chi connectivity index (χ1) is 8.13. The summed E-state index contributed by atoms with van der Waals surface area (Å²) < 4.78 is 4.38. The van der Waals surface area contributed by atoms with E-state index in [0.717, 1.165) is 21.2 Å². The van der Waals surface area contributed by atoms with Gasteiger partial charge < -0.3 is 5.73 Å². The second kappa shape index (κ2) is 3.59. The van der Waals surface area contributed by atoms with Gasteiger partial charge in [0.15, 0.2) is 0 Å². The maximum absolute atomic E-state index is 5.66. The summed E-state index contributed by atoms with van der Waals surface area (Å²) in [6.07, 6.45) is 1.97. The van der Waals surface area contributed by atoms with Gasteiger partial charge in [0.25, 0.3) is 0 Å². The summed E-state index contributed by atoms with van der Waals surface area (Å²) in [5.41, 5.74) is 7.57. The highest BCUT2D eigenvalue weighted by atomic mass is 79.9. The number of nitrogens with two attached hydrogens (primary N) is 1. The Morgan fingerprint density at radius 3 is 2.76 bits per heavy atom. The molecular weight excluding hydrogens is 282 g/mol. The Labute approximate surface area is 106 Å². The number of aromatic nitrogens is 4. The average molecular weight is 292 g/mol. The van der Waals surface area contributed by atoms with Gasteiger partial charge >= 0.3 is 0 Å². The molecule has 6 heteroatoms. The monoisotopic (exact) mass is 291 g/mol. The van der Waals surface area contributed by atoms with Gasteiger partial charge in [-0.05, 0) is 34.1 Å². The molecule has 0 saturated carbocycles. The van der Waals surface area contributed by atoms with E-state index in [-0.39, 0.29) is 0 Å². The van der Waals surface area contributed by atoms with E-state index in [1.54, 1.807) is 15.4 Å². The fraction of sp³-hybridized carbons (Fsp3) is 0.0909. The van der Waals surface area contributed by atoms with Crippen LogP contribution >= 0.6 is 15.9 Å². The number of nitrogens with zero attached hydrogens (tertiary/aromatic N) is 4. The molecule has 0 fully saturated rings. The van der Waals surface area contributed by atoms with E-state index in [1.807, 2.05) is 31.4 Å². The Morgan fingerprint density at radius 1 is 1.24 bits per heavy atom. The smallest absolute Gasteiger partial charge is 0.147 e. The molecule has 0 unspecified atom stereocenters. The predicted molar refractivity (Wildman–Crippen MR) is 69.9 cm³/mol. The van der Waals surface area contributed by atoms with Crippen LogP contribution in [-0.4, -0.2) is 19.6 Å². The SMILES string of the molecule is Cn1cc2cc(-n3nc(N)cc3Br)ccc2n1. The highest BCUT2D eigenvalue weighted by Gasteiger charge is 2.07. The van der Waals surface area contributed by atoms with Crippen LogP contribution in [0.4, 0.5) is 5.82 Å². The topological polar surface area (TPSA) is 61.7 Å². The number of nitrogen functional groups attached to an aromatic ring is 1. The summed E-state index contributed by atoms with van der Waals surface area (Å²) in [6.45, 7) is 0. The Balaban J connectivity index is 2.20. The number of halogens is 1. The molecule has 0 aliphatic rings. The number of hydrogen-bond donors (Lipinski definition) is 1. The number of fused-ring (bicyclic) bond motifs is 1. The Hall–Kier alpha value is -1.82. The summed E-state index contributed by atoms with van der Waals surface area (Å²) in [7, 11) is 1.90. The van der Waals surface area contributed by atoms with E-state index in [2.05, 4.69) is 26.1 Å². The van der Waals surface area contributed by atoms with E-state index < -0.39 is 0 Å². The molecule has 17 heavy (non-hydrogen) atoms. The lowest BCUT2D eigenvalue weighted by Crippen LogP contribution is -1.97. The largest absolute Gasteiger partial charge is 0.382 e. The van der Waals surface area contributed by atoms with Crippen LogP contribution in [-0.2, 0) is 7.05 Å². The van der Waals surface area contributed by atoms with Gasteiger partial charge in [0, 0.05) is 24.7 Å². The fourth-order valence-corrected chi connectivity index (χ4v) is 2.34. The minimum Gasteiger partial charge on any atom is -0.382 e. The number of rotatable bonds is 1. The van der Waals surface area contributed by atoms with Crippen molar-refractivity contribution < 1.29 is 0 Å². The Bertz CT molecular complexity index is 697. The van der Waals surface area contributed by atoms with Crippen molar-refractivity contribution in [1.82, 2.24) is 19.6 Å². The first-order valence-corrected chi connectivity index (χ1v) is 5.87. The second-order valence-electron chi connectivity index (χ2n) is 3.85. The van der Waals surface area contributed by atoms with E-state index in [0.29, 0.717) is 5.82 Å². The van der Waals surface area contributed by atoms with Gasteiger partial charge in [-0.3, -0.25) is 4.68 Å². The van der Waals surface area contributed by atoms with Gasteiger partial charge in [0.05, 0.1) is 11.2 Å². The van der Waals surface area contributed by atoms with E-state index >= 15 is 0 Å². The maximum Gasteiger partial charge on any atom is 0.147 e. The summed E-state index contributed by atoms with van der Waals surface area (Å²) in [6, 6.07) is 7.73. The van der Waals surface area contributed by atoms with Gasteiger partial charge in [-0.15, -0.1) is 5.10 Å². The van der Waals surface area contributed by atoms with Crippen molar-refractivity contribution in [2.75, 3.05) is 5.73 Å². The van der Waals surface area contributed by atoms with Gasteiger partial charge in [0.2, 0.25) is 0 Å². The van der Waals surface area contributed by atoms with Crippen LogP contribution in [0.1, 0.15) is 0 Å². The van der Waals surface area contributed by atoms with Crippen molar-refractivity contribution in [2.24, 2.45) is 7.05 Å². The third-order valence-corrected chi connectivity index (χ3v) is 3.10. The van der Waals surface area contributed by atoms with Crippen LogP contribution in [0, 0.1) is 0 Å². The van der Waals surface area contributed by atoms with Crippen LogP contribution in [0.25, 0.3) is 16.6 Å². The molecule has 3 aromatic rings. The fourth-order valence-electron chi connectivity index (χ4n) is 1.82. The molecule has 0 atom stereocenters. The lowest BCUT2D eigenvalue weighted by atomic mass is 10.2. The molecule has 2 heterocycles. The van der Waals surface area contributed by atoms with Crippen LogP contribution < -0.4 is 5.73 Å². The molecule has 3 rings (SSSR count). The molecule has 0 radical (unpaired) electrons. The minimum absolute atomic E-state index is 0.489. The van der Waals surface area contributed by atoms with Crippen LogP contribution in [0.15, 0.2) is 35.1 Å². The molecule has 1 aromatic carbocycles. The standard InChI is InChI=1S/C11H10BrN5/c1-16-6-7-4-8(2-3-9(7)14-16)17-10(12)5-11(13)15-17/h2-6H,1H3,(H2,13,15). The summed E-state index contributed by atoms with van der Waals surface area (Å²) in [5, 5.41) is 9.62. The summed E-state index contributed by atoms with van der Waals surface area (Å²) in [4.78, 5) is 0. The molecule has 5 nitrogen and oxygen atoms in total. The zero-order chi connectivity index (χ0) is 12.0. The number of anilines is 1. The number of hydrogen-bond acceptors (Lipinski definition) is 3. The molecule has 0 bridgehead atoms. The van der Waals surface area contributed by atoms with E-state index in [1.165, 1.54) is 0 Å². The van der Waals surface area contributed by atoms with E-state index in [9.17, 15) is 0 Å². The number of aryl methyl sites for hydroxylation is 1. The van der Waals surface area contributed by atoms with Gasteiger partial charge in [-0.25, -0.2) is 4.68 Å². The third kappa shape index (κ3) is 1.70. The maximum atomic E-state index is 5.66. The molecule has 0 saturated heterocycles. The predicted octanol–water partition coefficient (Wildman–Crippen LogP) is 2.10. The molecule has 2 aromatic heterocycles. The van der Waals surface area contributed by atoms with Crippen molar-refractivity contribution in [3.05, 3.63) is 35.1 Å². The third-order valence-electron chi connectivity index (χ3n) is 2.53. The molecule has 0 aliphatic carbocycles. The van der Waals surface area contributed by atoms with Crippen molar-refractivity contribution in [3.63, 3.8) is 0 Å². The lowest BCUT2D eigenvalue weighted by molar-refractivity contribution is 0.780. The van der Waals surface area contributed by atoms with Crippen molar-refractivity contribution in [3.8, 4) is 5.69 Å². The van der Waals surface area contributed by atoms with Crippen molar-refractivity contribution in [1.29, 1.82) is 0 Å². The summed E-state index contributed by atoms with van der Waals surface area (Å²) >= 11 is 3.42. The molecule has 2 N–H and O–H groups in total. The Morgan fingerprint density at radius 2 is 2.06 bits per heavy atom. The molecule has 0 aliphatic heterocycles. The zero-order valence-corrected chi connectivity index (χ0v) is 10.7. The molecule has 0 spiro atoms. The first kappa shape index (κ1) is 10.3. The van der Waals surface area contributed by atoms with Crippen LogP contribution in [0.2, 0.25) is 0 Å². The average Bonchev–Trinajstić information content (AvgIpc) is 2.78. The normalized spacial score (nSPS) is 11.2. The molecule has 0 amide bonds. The number of benzene rings is 1. The van der Waals surface area contributed by atoms with Crippen LogP contribution in [0.3, 0.4) is 0 Å². The molecular formula is C11H10BrN5. The van der Waals surface area contributed by atoms with Crippen molar-refractivity contribution in [2.45, 2.75) is 0 Å². The highest BCUT2D eigenvalue weighted by Crippen LogP contribution is 2.22. The second-order valence-corrected chi connectivity index (χ2v) is 4.66. The van der Waals surface area contributed by atoms with Crippen LogP contribution in [0.5, 0.6) is 0 Å². The van der Waals surface area contributed by atoms with Gasteiger partial charge in [-0.2, -0.15) is 5.10 Å². The van der Waals surface area contributed by atoms with Gasteiger partial charge in [-0.1, -0.05) is 0 Å². The van der Waals surface area contributed by atoms with Gasteiger partial charge in [0.1, 0.15) is 10.4 Å². The van der Waals surface area contributed by atoms with E-state index in [4.69, 9.17) is 5.73 Å². The highest BCUT2D eigenvalue weighted by molar-refractivity contribution is 9.10. The minimum atomic E-state index is 0.489. The molecule has 86 valence electrons.